The van der Waals surface area contributed by atoms with E-state index in [4.69, 9.17) is 14.2 Å². The summed E-state index contributed by atoms with van der Waals surface area (Å²) < 4.78 is 15.7. The Morgan fingerprint density at radius 3 is 1.21 bits per heavy atom. The highest BCUT2D eigenvalue weighted by molar-refractivity contribution is 7.80. The smallest absolute Gasteiger partial charge is 0.306 e. The largest absolute Gasteiger partial charge is 0.465 e. The van der Waals surface area contributed by atoms with E-state index in [1.807, 2.05) is 6.92 Å². The minimum atomic E-state index is -0.773. The van der Waals surface area contributed by atoms with Gasteiger partial charge in [-0.05, 0) is 6.42 Å². The lowest BCUT2D eigenvalue weighted by Gasteiger charge is -2.31. The van der Waals surface area contributed by atoms with Crippen LogP contribution in [0.15, 0.2) is 0 Å². The third-order valence-electron chi connectivity index (χ3n) is 3.32. The first-order valence-corrected chi connectivity index (χ1v) is 9.62. The molecule has 6 nitrogen and oxygen atoms in total. The quantitative estimate of drug-likeness (QED) is 0.250. The molecule has 0 atom stereocenters. The predicted octanol–water partition coefficient (Wildman–Crippen LogP) is 1.97. The van der Waals surface area contributed by atoms with Crippen LogP contribution in [-0.2, 0) is 28.6 Å². The molecule has 0 saturated carbocycles. The van der Waals surface area contributed by atoms with Crippen molar-refractivity contribution in [3.63, 3.8) is 0 Å². The summed E-state index contributed by atoms with van der Waals surface area (Å²) in [5, 5.41) is 0. The Hall–Kier alpha value is -0.540. The van der Waals surface area contributed by atoms with Crippen molar-refractivity contribution in [1.29, 1.82) is 0 Å². The lowest BCUT2D eigenvalue weighted by Crippen LogP contribution is -2.39. The van der Waals surface area contributed by atoms with Crippen molar-refractivity contribution in [3.05, 3.63) is 0 Å². The van der Waals surface area contributed by atoms with Crippen molar-refractivity contribution in [2.24, 2.45) is 5.41 Å². The molecule has 0 amide bonds. The van der Waals surface area contributed by atoms with Crippen molar-refractivity contribution in [2.75, 3.05) is 37.1 Å². The van der Waals surface area contributed by atoms with E-state index >= 15 is 0 Å². The van der Waals surface area contributed by atoms with Crippen molar-refractivity contribution in [1.82, 2.24) is 0 Å². The van der Waals surface area contributed by atoms with Gasteiger partial charge in [-0.3, -0.25) is 14.4 Å². The van der Waals surface area contributed by atoms with E-state index in [9.17, 15) is 14.4 Å². The molecule has 0 bridgehead atoms. The predicted molar refractivity (Wildman–Crippen MR) is 101 cm³/mol. The van der Waals surface area contributed by atoms with Gasteiger partial charge in [0.1, 0.15) is 19.8 Å². The Morgan fingerprint density at radius 1 is 0.708 bits per heavy atom. The standard InChI is InChI=1S/C15H26O6S3/c1-2-15(9-19-12(16)3-6-22,10-20-13(17)4-7-23)11-21-14(18)5-8-24/h22-24H,2-11H2,1H3. The number of ether oxygens (including phenoxy) is 3. The Balaban J connectivity index is 4.81. The molecule has 0 aliphatic heterocycles. The molecule has 0 aromatic heterocycles. The van der Waals surface area contributed by atoms with E-state index < -0.39 is 23.3 Å². The Kier molecular flexibility index (Phi) is 13.4. The fourth-order valence-corrected chi connectivity index (χ4v) is 2.17. The number of hydrogen-bond donors (Lipinski definition) is 3. The summed E-state index contributed by atoms with van der Waals surface area (Å²) in [5.74, 6) is -0.0488. The molecule has 0 aliphatic carbocycles. The van der Waals surface area contributed by atoms with Gasteiger partial charge in [0, 0.05) is 17.3 Å². The maximum Gasteiger partial charge on any atom is 0.306 e. The Bertz CT molecular complexity index is 348. The van der Waals surface area contributed by atoms with Crippen LogP contribution in [-0.4, -0.2) is 55.0 Å². The zero-order valence-corrected chi connectivity index (χ0v) is 16.5. The first-order valence-electron chi connectivity index (χ1n) is 7.72. The highest BCUT2D eigenvalue weighted by Gasteiger charge is 2.34. The fraction of sp³-hybridized carbons (Fsp3) is 0.800. The monoisotopic (exact) mass is 398 g/mol. The van der Waals surface area contributed by atoms with Crippen molar-refractivity contribution in [3.8, 4) is 0 Å². The van der Waals surface area contributed by atoms with Gasteiger partial charge < -0.3 is 14.2 Å². The Labute approximate surface area is 159 Å². The number of rotatable bonds is 13. The second-order valence-corrected chi connectivity index (χ2v) is 6.60. The van der Waals surface area contributed by atoms with Crippen molar-refractivity contribution in [2.45, 2.75) is 32.6 Å². The van der Waals surface area contributed by atoms with Crippen LogP contribution in [0.1, 0.15) is 32.6 Å². The molecule has 9 heteroatoms. The number of esters is 3. The summed E-state index contributed by atoms with van der Waals surface area (Å²) in [5.41, 5.74) is -0.773. The summed E-state index contributed by atoms with van der Waals surface area (Å²) in [6.45, 7) is 1.85. The van der Waals surface area contributed by atoms with Gasteiger partial charge in [0.2, 0.25) is 0 Å². The molecule has 0 aromatic carbocycles. The van der Waals surface area contributed by atoms with Gasteiger partial charge in [-0.25, -0.2) is 0 Å². The van der Waals surface area contributed by atoms with Crippen molar-refractivity contribution < 1.29 is 28.6 Å². The van der Waals surface area contributed by atoms with Crippen LogP contribution in [0.4, 0.5) is 0 Å². The van der Waals surface area contributed by atoms with Crippen LogP contribution in [0.2, 0.25) is 0 Å². The molecule has 0 radical (unpaired) electrons. The SMILES string of the molecule is CCC(COC(=O)CCS)(COC(=O)CCS)COC(=O)CCS. The number of carbonyl (C=O) groups is 3. The second-order valence-electron chi connectivity index (χ2n) is 5.26. The summed E-state index contributed by atoms with van der Waals surface area (Å²) in [6, 6.07) is 0. The number of thiol groups is 3. The maximum absolute atomic E-state index is 11.6. The molecule has 0 unspecified atom stereocenters. The molecular weight excluding hydrogens is 372 g/mol. The van der Waals surface area contributed by atoms with Crippen LogP contribution in [0.5, 0.6) is 0 Å². The molecule has 0 spiro atoms. The van der Waals surface area contributed by atoms with Gasteiger partial charge in [0.25, 0.3) is 0 Å². The molecule has 0 heterocycles. The van der Waals surface area contributed by atoms with Gasteiger partial charge >= 0.3 is 17.9 Å². The molecule has 0 N–H and O–H groups in total. The average molecular weight is 399 g/mol. The van der Waals surface area contributed by atoms with Gasteiger partial charge in [0.05, 0.1) is 24.7 Å². The normalized spacial score (nSPS) is 11.0. The maximum atomic E-state index is 11.6. The number of carbonyl (C=O) groups excluding carboxylic acids is 3. The third-order valence-corrected chi connectivity index (χ3v) is 3.99. The van der Waals surface area contributed by atoms with Crippen LogP contribution >= 0.6 is 37.9 Å². The highest BCUT2D eigenvalue weighted by Crippen LogP contribution is 2.25. The van der Waals surface area contributed by atoms with Gasteiger partial charge in [-0.2, -0.15) is 37.9 Å². The van der Waals surface area contributed by atoms with E-state index in [2.05, 4.69) is 37.9 Å². The molecule has 24 heavy (non-hydrogen) atoms. The van der Waals surface area contributed by atoms with Crippen molar-refractivity contribution >= 4 is 55.8 Å². The first kappa shape index (κ1) is 23.5. The first-order chi connectivity index (χ1) is 11.4. The molecule has 0 saturated heterocycles. The zero-order chi connectivity index (χ0) is 18.4. The van der Waals surface area contributed by atoms with E-state index in [1.165, 1.54) is 0 Å². The minimum absolute atomic E-state index is 0.00157. The lowest BCUT2D eigenvalue weighted by atomic mass is 9.88. The topological polar surface area (TPSA) is 78.9 Å². The van der Waals surface area contributed by atoms with Crippen LogP contribution < -0.4 is 0 Å². The molecule has 140 valence electrons. The van der Waals surface area contributed by atoms with Crippen LogP contribution in [0.3, 0.4) is 0 Å². The van der Waals surface area contributed by atoms with Gasteiger partial charge in [-0.15, -0.1) is 0 Å². The summed E-state index contributed by atoms with van der Waals surface area (Å²) >= 11 is 11.9. The van der Waals surface area contributed by atoms with E-state index in [0.717, 1.165) is 0 Å². The van der Waals surface area contributed by atoms with Gasteiger partial charge in [-0.1, -0.05) is 6.92 Å². The van der Waals surface area contributed by atoms with E-state index in [0.29, 0.717) is 23.7 Å². The second kappa shape index (κ2) is 13.7. The third kappa shape index (κ3) is 10.4. The van der Waals surface area contributed by atoms with E-state index in [-0.39, 0.29) is 39.1 Å². The molecule has 0 rings (SSSR count). The van der Waals surface area contributed by atoms with Crippen LogP contribution in [0, 0.1) is 5.41 Å². The summed E-state index contributed by atoms with van der Waals surface area (Å²) in [6.07, 6.45) is 1.05. The van der Waals surface area contributed by atoms with Crippen LogP contribution in [0.25, 0.3) is 0 Å². The lowest BCUT2D eigenvalue weighted by molar-refractivity contribution is -0.161. The summed E-state index contributed by atoms with van der Waals surface area (Å²) in [7, 11) is 0. The highest BCUT2D eigenvalue weighted by atomic mass is 32.1. The van der Waals surface area contributed by atoms with Gasteiger partial charge in [0.15, 0.2) is 0 Å². The molecule has 0 aliphatic rings. The minimum Gasteiger partial charge on any atom is -0.465 e. The molecular formula is C15H26O6S3. The Morgan fingerprint density at radius 2 is 1.00 bits per heavy atom. The number of hydrogen-bond acceptors (Lipinski definition) is 9. The zero-order valence-electron chi connectivity index (χ0n) is 13.9. The van der Waals surface area contributed by atoms with E-state index in [1.54, 1.807) is 0 Å². The molecule has 0 fully saturated rings. The molecule has 0 aromatic rings. The summed E-state index contributed by atoms with van der Waals surface area (Å²) in [4.78, 5) is 34.7. The average Bonchev–Trinajstić information content (AvgIpc) is 2.55. The fourth-order valence-electron chi connectivity index (χ4n) is 1.62.